The minimum absolute atomic E-state index is 0.0493. The molecule has 39 heavy (non-hydrogen) atoms. The van der Waals surface area contributed by atoms with Crippen molar-refractivity contribution in [2.45, 2.75) is 70.4 Å². The van der Waals surface area contributed by atoms with Gasteiger partial charge in [-0.3, -0.25) is 9.59 Å². The Bertz CT molecular complexity index is 1310. The Balaban J connectivity index is 1.30. The number of hydrogen-bond donors (Lipinski definition) is 2. The van der Waals surface area contributed by atoms with Crippen LogP contribution in [0.15, 0.2) is 60.7 Å². The average molecular weight is 526 g/mol. The fraction of sp³-hybridized carbons (Fsp3) is 0.438. The first-order valence-electron chi connectivity index (χ1n) is 14.1. The highest BCUT2D eigenvalue weighted by Gasteiger charge is 2.39. The van der Waals surface area contributed by atoms with E-state index in [2.05, 4.69) is 46.7 Å². The third-order valence-corrected chi connectivity index (χ3v) is 8.64. The van der Waals surface area contributed by atoms with Crippen LogP contribution in [0.1, 0.15) is 64.4 Å². The highest BCUT2D eigenvalue weighted by atomic mass is 16.2. The fourth-order valence-electron chi connectivity index (χ4n) is 6.33. The zero-order valence-electron chi connectivity index (χ0n) is 23.2. The summed E-state index contributed by atoms with van der Waals surface area (Å²) in [7, 11) is 1.87. The van der Waals surface area contributed by atoms with Crippen molar-refractivity contribution in [3.63, 3.8) is 0 Å². The molecule has 204 valence electrons. The summed E-state index contributed by atoms with van der Waals surface area (Å²) in [5, 5.41) is 11.9. The number of nitrogens with zero attached hydrogens (tertiary/aromatic N) is 3. The quantitative estimate of drug-likeness (QED) is 0.408. The van der Waals surface area contributed by atoms with Gasteiger partial charge in [-0.15, -0.1) is 10.2 Å². The molecule has 2 aromatic carbocycles. The summed E-state index contributed by atoms with van der Waals surface area (Å²) in [6, 6.07) is 20.6. The third kappa shape index (κ3) is 6.04. The molecule has 7 heteroatoms. The van der Waals surface area contributed by atoms with Gasteiger partial charge in [0.1, 0.15) is 5.69 Å². The van der Waals surface area contributed by atoms with Gasteiger partial charge in [0.05, 0.1) is 0 Å². The highest BCUT2D eigenvalue weighted by molar-refractivity contribution is 5.91. The molecule has 3 aromatic rings. The van der Waals surface area contributed by atoms with Gasteiger partial charge in [-0.2, -0.15) is 0 Å². The lowest BCUT2D eigenvalue weighted by atomic mass is 9.66. The van der Waals surface area contributed by atoms with Crippen molar-refractivity contribution in [1.82, 2.24) is 15.1 Å². The number of carbonyl (C=O) groups excluding carboxylic acids is 2. The summed E-state index contributed by atoms with van der Waals surface area (Å²) in [6.45, 7) is 3.84. The average Bonchev–Trinajstić information content (AvgIpc) is 2.93. The molecule has 0 aliphatic heterocycles. The second kappa shape index (κ2) is 11.3. The van der Waals surface area contributed by atoms with E-state index in [4.69, 9.17) is 5.73 Å². The minimum Gasteiger partial charge on any atom is -0.343 e. The van der Waals surface area contributed by atoms with E-state index in [1.54, 1.807) is 6.92 Å². The minimum atomic E-state index is -0.234. The number of anilines is 1. The Morgan fingerprint density at radius 3 is 2.26 bits per heavy atom. The van der Waals surface area contributed by atoms with Crippen molar-refractivity contribution >= 4 is 17.6 Å². The van der Waals surface area contributed by atoms with E-state index >= 15 is 0 Å². The largest absolute Gasteiger partial charge is 0.343 e. The van der Waals surface area contributed by atoms with Crippen molar-refractivity contribution in [2.75, 3.05) is 12.4 Å². The topological polar surface area (TPSA) is 101 Å². The molecule has 2 aliphatic carbocycles. The van der Waals surface area contributed by atoms with E-state index in [0.717, 1.165) is 66.5 Å². The van der Waals surface area contributed by atoms with Crippen molar-refractivity contribution in [3.05, 3.63) is 66.2 Å². The number of nitrogens with one attached hydrogen (secondary N) is 1. The number of nitrogens with two attached hydrogens (primary N) is 1. The zero-order chi connectivity index (χ0) is 27.6. The van der Waals surface area contributed by atoms with Gasteiger partial charge in [-0.25, -0.2) is 0 Å². The predicted octanol–water partition coefficient (Wildman–Crippen LogP) is 5.76. The van der Waals surface area contributed by atoms with Crippen LogP contribution < -0.4 is 11.1 Å². The van der Waals surface area contributed by atoms with E-state index in [1.165, 1.54) is 0 Å². The first kappa shape index (κ1) is 27.0. The van der Waals surface area contributed by atoms with Crippen molar-refractivity contribution < 1.29 is 9.59 Å². The van der Waals surface area contributed by atoms with Crippen molar-refractivity contribution in [3.8, 4) is 22.4 Å². The van der Waals surface area contributed by atoms with E-state index in [0.29, 0.717) is 24.1 Å². The molecular formula is C32H39N5O2. The molecule has 0 unspecified atom stereocenters. The number of hydrogen-bond acceptors (Lipinski definition) is 5. The number of benzene rings is 2. The summed E-state index contributed by atoms with van der Waals surface area (Å²) in [5.41, 5.74) is 11.2. The van der Waals surface area contributed by atoms with Crippen LogP contribution in [-0.4, -0.2) is 40.0 Å². The maximum absolute atomic E-state index is 12.9. The number of rotatable bonds is 7. The molecular weight excluding hydrogens is 486 g/mol. The normalized spacial score (nSPS) is 24.5. The predicted molar refractivity (Wildman–Crippen MR) is 155 cm³/mol. The molecule has 1 aromatic heterocycles. The number of amides is 2. The van der Waals surface area contributed by atoms with Crippen LogP contribution in [0.5, 0.6) is 0 Å². The summed E-state index contributed by atoms with van der Waals surface area (Å²) < 4.78 is 0. The standard InChI is InChI=1S/C32H39N5O2/c1-21-19-32(33,20-21)26-13-11-25(12-14-26)31-28(24-7-5-4-6-8-24)18-29(35-36-31)34-30(39)17-23-9-15-27(16-10-23)37(3)22(2)38/h4-8,11-14,18,21,23,27H,9-10,15-17,19-20,33H2,1-3H3,(H,34,35,39)/t21-,23?,27?,32-. The van der Waals surface area contributed by atoms with E-state index in [-0.39, 0.29) is 23.4 Å². The number of aromatic nitrogens is 2. The van der Waals surface area contributed by atoms with Crippen LogP contribution in [0.3, 0.4) is 0 Å². The van der Waals surface area contributed by atoms with Gasteiger partial charge in [0, 0.05) is 43.1 Å². The maximum atomic E-state index is 12.9. The summed E-state index contributed by atoms with van der Waals surface area (Å²) in [5.74, 6) is 1.47. The first-order valence-corrected chi connectivity index (χ1v) is 14.1. The summed E-state index contributed by atoms with van der Waals surface area (Å²) in [4.78, 5) is 26.4. The lowest BCUT2D eigenvalue weighted by molar-refractivity contribution is -0.130. The molecule has 0 saturated heterocycles. The van der Waals surface area contributed by atoms with Gasteiger partial charge < -0.3 is 16.0 Å². The van der Waals surface area contributed by atoms with E-state index < -0.39 is 0 Å². The Labute approximate surface area is 231 Å². The molecule has 5 rings (SSSR count). The molecule has 0 atom stereocenters. The highest BCUT2D eigenvalue weighted by Crippen LogP contribution is 2.43. The summed E-state index contributed by atoms with van der Waals surface area (Å²) in [6.07, 6.45) is 6.21. The van der Waals surface area contributed by atoms with Crippen molar-refractivity contribution in [2.24, 2.45) is 17.6 Å². The first-order chi connectivity index (χ1) is 18.7. The maximum Gasteiger partial charge on any atom is 0.225 e. The molecule has 2 saturated carbocycles. The molecule has 1 heterocycles. The van der Waals surface area contributed by atoms with Crippen LogP contribution in [0, 0.1) is 11.8 Å². The van der Waals surface area contributed by atoms with Crippen LogP contribution >= 0.6 is 0 Å². The van der Waals surface area contributed by atoms with Gasteiger partial charge in [0.25, 0.3) is 0 Å². The van der Waals surface area contributed by atoms with Crippen molar-refractivity contribution in [1.29, 1.82) is 0 Å². The molecule has 2 amide bonds. The second-order valence-electron chi connectivity index (χ2n) is 11.7. The number of carbonyl (C=O) groups is 2. The van der Waals surface area contributed by atoms with Gasteiger partial charge in [0.2, 0.25) is 11.8 Å². The Hall–Kier alpha value is -3.58. The van der Waals surface area contributed by atoms with Crippen LogP contribution in [-0.2, 0) is 15.1 Å². The Morgan fingerprint density at radius 1 is 0.974 bits per heavy atom. The van der Waals surface area contributed by atoms with Gasteiger partial charge >= 0.3 is 0 Å². The summed E-state index contributed by atoms with van der Waals surface area (Å²) >= 11 is 0. The van der Waals surface area contributed by atoms with Crippen LogP contribution in [0.4, 0.5) is 5.82 Å². The SMILES string of the molecule is CC(=O)N(C)C1CCC(CC(=O)Nc2cc(-c3ccccc3)c(-c3ccc([C@]4(N)C[C@H](C)C4)cc3)nn2)CC1. The van der Waals surface area contributed by atoms with Gasteiger partial charge in [0.15, 0.2) is 5.82 Å². The molecule has 0 bridgehead atoms. The molecule has 0 radical (unpaired) electrons. The van der Waals surface area contributed by atoms with E-state index in [1.807, 2.05) is 48.3 Å². The lowest BCUT2D eigenvalue weighted by Crippen LogP contribution is -2.47. The molecule has 2 aliphatic rings. The molecule has 3 N–H and O–H groups in total. The molecule has 2 fully saturated rings. The molecule has 7 nitrogen and oxygen atoms in total. The van der Waals surface area contributed by atoms with Crippen LogP contribution in [0.2, 0.25) is 0 Å². The smallest absolute Gasteiger partial charge is 0.225 e. The monoisotopic (exact) mass is 525 g/mol. The zero-order valence-corrected chi connectivity index (χ0v) is 23.2. The fourth-order valence-corrected chi connectivity index (χ4v) is 6.33. The lowest BCUT2D eigenvalue weighted by Gasteiger charge is -2.44. The molecule has 0 spiro atoms. The Kier molecular flexibility index (Phi) is 7.80. The third-order valence-electron chi connectivity index (χ3n) is 8.64. The Morgan fingerprint density at radius 2 is 1.64 bits per heavy atom. The van der Waals surface area contributed by atoms with Gasteiger partial charge in [-0.1, -0.05) is 61.5 Å². The van der Waals surface area contributed by atoms with E-state index in [9.17, 15) is 9.59 Å². The van der Waals surface area contributed by atoms with Gasteiger partial charge in [-0.05, 0) is 67.6 Å². The second-order valence-corrected chi connectivity index (χ2v) is 11.7. The van der Waals surface area contributed by atoms with Crippen LogP contribution in [0.25, 0.3) is 22.4 Å².